The summed E-state index contributed by atoms with van der Waals surface area (Å²) in [6.45, 7) is 4.48. The average molecular weight is 349 g/mol. The number of thiol groups is 1. The van der Waals surface area contributed by atoms with Crippen molar-refractivity contribution in [1.82, 2.24) is 0 Å². The highest BCUT2D eigenvalue weighted by Gasteiger charge is 2.13. The maximum Gasteiger partial charge on any atom is 0.0463 e. The summed E-state index contributed by atoms with van der Waals surface area (Å²) >= 11 is 4.40. The highest BCUT2D eigenvalue weighted by Crippen LogP contribution is 2.35. The van der Waals surface area contributed by atoms with Crippen molar-refractivity contribution < 1.29 is 0 Å². The first-order valence-electron chi connectivity index (χ1n) is 8.63. The zero-order valence-electron chi connectivity index (χ0n) is 14.7. The van der Waals surface area contributed by atoms with E-state index in [1.807, 2.05) is 36.4 Å². The van der Waals surface area contributed by atoms with Gasteiger partial charge in [-0.25, -0.2) is 0 Å². The zero-order chi connectivity index (χ0) is 17.8. The van der Waals surface area contributed by atoms with E-state index in [-0.39, 0.29) is 0 Å². The van der Waals surface area contributed by atoms with E-state index in [0.717, 1.165) is 34.1 Å². The minimum atomic E-state index is 0.572. The normalized spacial score (nSPS) is 12.0. The lowest BCUT2D eigenvalue weighted by Crippen LogP contribution is -2.10. The second kappa shape index (κ2) is 7.66. The Balaban J connectivity index is 2.04. The molecule has 0 saturated carbocycles. The first-order chi connectivity index (χ1) is 12.1. The number of nitrogens with zero attached hydrogens (tertiary/aromatic N) is 1. The highest BCUT2D eigenvalue weighted by atomic mass is 32.1. The lowest BCUT2D eigenvalue weighted by molar-refractivity contribution is 0.733. The summed E-state index contributed by atoms with van der Waals surface area (Å²) in [7, 11) is 0. The van der Waals surface area contributed by atoms with Crippen molar-refractivity contribution in [3.63, 3.8) is 0 Å². The number of hydrogen-bond acceptors (Lipinski definition) is 3. The van der Waals surface area contributed by atoms with Gasteiger partial charge >= 0.3 is 0 Å². The Morgan fingerprint density at radius 3 is 1.72 bits per heavy atom. The molecule has 128 valence electrons. The number of rotatable bonds is 5. The summed E-state index contributed by atoms with van der Waals surface area (Å²) < 4.78 is 0. The number of nitrogen functional groups attached to an aromatic ring is 1. The molecule has 0 aliphatic carbocycles. The van der Waals surface area contributed by atoms with E-state index in [2.05, 4.69) is 67.8 Å². The Hall–Kier alpha value is -2.39. The molecule has 1 unspecified atom stereocenters. The quantitative estimate of drug-likeness (QED) is 0.405. The molecule has 0 saturated heterocycles. The Labute approximate surface area is 155 Å². The largest absolute Gasteiger partial charge is 0.399 e. The zero-order valence-corrected chi connectivity index (χ0v) is 15.6. The molecule has 3 aromatic carbocycles. The number of benzene rings is 3. The standard InChI is InChI=1S/C22H24N2S/c1-3-16(2)17-4-8-19(9-5-17)24(20-10-6-18(23)7-11-20)21-12-14-22(25)15-13-21/h4-16,25H,3,23H2,1-2H3. The molecule has 3 aromatic rings. The fourth-order valence-corrected chi connectivity index (χ4v) is 3.01. The van der Waals surface area contributed by atoms with Crippen molar-refractivity contribution in [2.45, 2.75) is 31.1 Å². The van der Waals surface area contributed by atoms with Gasteiger partial charge in [0.2, 0.25) is 0 Å². The Morgan fingerprint density at radius 1 is 0.800 bits per heavy atom. The van der Waals surface area contributed by atoms with E-state index >= 15 is 0 Å². The molecule has 25 heavy (non-hydrogen) atoms. The average Bonchev–Trinajstić information content (AvgIpc) is 2.65. The molecule has 0 radical (unpaired) electrons. The minimum absolute atomic E-state index is 0.572. The Bertz CT molecular complexity index is 763. The third kappa shape index (κ3) is 3.99. The van der Waals surface area contributed by atoms with Gasteiger partial charge in [0.1, 0.15) is 0 Å². The van der Waals surface area contributed by atoms with Gasteiger partial charge in [-0.05, 0) is 78.6 Å². The molecule has 0 spiro atoms. The summed E-state index contributed by atoms with van der Waals surface area (Å²) in [6, 6.07) is 25.0. The van der Waals surface area contributed by atoms with Gasteiger partial charge < -0.3 is 10.6 Å². The Morgan fingerprint density at radius 2 is 1.24 bits per heavy atom. The fourth-order valence-electron chi connectivity index (χ4n) is 2.86. The van der Waals surface area contributed by atoms with Gasteiger partial charge in [0.25, 0.3) is 0 Å². The monoisotopic (exact) mass is 348 g/mol. The molecular formula is C22H24N2S. The van der Waals surface area contributed by atoms with E-state index in [9.17, 15) is 0 Å². The predicted molar refractivity (Wildman–Crippen MR) is 111 cm³/mol. The fraction of sp³-hybridized carbons (Fsp3) is 0.182. The Kier molecular flexibility index (Phi) is 5.34. The molecule has 0 aliphatic rings. The predicted octanol–water partition coefficient (Wildman–Crippen LogP) is 6.54. The van der Waals surface area contributed by atoms with Crippen LogP contribution >= 0.6 is 12.6 Å². The van der Waals surface area contributed by atoms with Crippen molar-refractivity contribution in [3.8, 4) is 0 Å². The maximum atomic E-state index is 5.86. The molecule has 0 bridgehead atoms. The molecule has 0 fully saturated rings. The SMILES string of the molecule is CCC(C)c1ccc(N(c2ccc(N)cc2)c2ccc(S)cc2)cc1. The van der Waals surface area contributed by atoms with E-state index < -0.39 is 0 Å². The number of nitrogens with two attached hydrogens (primary N) is 1. The van der Waals surface area contributed by atoms with Crippen molar-refractivity contribution in [3.05, 3.63) is 78.4 Å². The van der Waals surface area contributed by atoms with Crippen LogP contribution in [0.1, 0.15) is 31.7 Å². The maximum absolute atomic E-state index is 5.86. The smallest absolute Gasteiger partial charge is 0.0463 e. The second-order valence-corrected chi connectivity index (χ2v) is 6.86. The summed E-state index contributed by atoms with van der Waals surface area (Å²) in [5, 5.41) is 0. The molecule has 2 nitrogen and oxygen atoms in total. The molecule has 3 heteroatoms. The van der Waals surface area contributed by atoms with Crippen LogP contribution in [0, 0.1) is 0 Å². The third-order valence-electron chi connectivity index (χ3n) is 4.59. The lowest BCUT2D eigenvalue weighted by Gasteiger charge is -2.26. The topological polar surface area (TPSA) is 29.3 Å². The van der Waals surface area contributed by atoms with Gasteiger partial charge in [-0.15, -0.1) is 12.6 Å². The molecule has 2 N–H and O–H groups in total. The second-order valence-electron chi connectivity index (χ2n) is 6.34. The van der Waals surface area contributed by atoms with Gasteiger partial charge in [-0.1, -0.05) is 26.0 Å². The molecule has 0 heterocycles. The molecular weight excluding hydrogens is 324 g/mol. The van der Waals surface area contributed by atoms with Crippen LogP contribution in [0.2, 0.25) is 0 Å². The molecule has 1 atom stereocenters. The van der Waals surface area contributed by atoms with Crippen molar-refractivity contribution in [2.75, 3.05) is 10.6 Å². The molecule has 0 amide bonds. The first kappa shape index (κ1) is 17.4. The highest BCUT2D eigenvalue weighted by molar-refractivity contribution is 7.80. The van der Waals surface area contributed by atoms with Crippen LogP contribution in [0.4, 0.5) is 22.7 Å². The van der Waals surface area contributed by atoms with Crippen molar-refractivity contribution >= 4 is 35.4 Å². The first-order valence-corrected chi connectivity index (χ1v) is 9.08. The van der Waals surface area contributed by atoms with Crippen molar-refractivity contribution in [1.29, 1.82) is 0 Å². The van der Waals surface area contributed by atoms with E-state index in [1.165, 1.54) is 5.56 Å². The van der Waals surface area contributed by atoms with Crippen molar-refractivity contribution in [2.24, 2.45) is 0 Å². The van der Waals surface area contributed by atoms with Crippen LogP contribution in [0.15, 0.2) is 77.7 Å². The third-order valence-corrected chi connectivity index (χ3v) is 4.89. The summed E-state index contributed by atoms with van der Waals surface area (Å²) in [5.74, 6) is 0.572. The summed E-state index contributed by atoms with van der Waals surface area (Å²) in [6.07, 6.45) is 1.14. The van der Waals surface area contributed by atoms with Crippen LogP contribution in [0.25, 0.3) is 0 Å². The van der Waals surface area contributed by atoms with E-state index in [1.54, 1.807) is 0 Å². The van der Waals surface area contributed by atoms with E-state index in [4.69, 9.17) is 5.73 Å². The van der Waals surface area contributed by atoms with Crippen LogP contribution < -0.4 is 10.6 Å². The minimum Gasteiger partial charge on any atom is -0.399 e. The lowest BCUT2D eigenvalue weighted by atomic mass is 9.98. The van der Waals surface area contributed by atoms with E-state index in [0.29, 0.717) is 5.92 Å². The van der Waals surface area contributed by atoms with Crippen LogP contribution in [-0.2, 0) is 0 Å². The molecule has 0 aromatic heterocycles. The van der Waals surface area contributed by atoms with Gasteiger partial charge in [-0.3, -0.25) is 0 Å². The van der Waals surface area contributed by atoms with Gasteiger partial charge in [0.05, 0.1) is 0 Å². The number of anilines is 4. The van der Waals surface area contributed by atoms with Crippen LogP contribution in [0.3, 0.4) is 0 Å². The van der Waals surface area contributed by atoms with Crippen LogP contribution in [-0.4, -0.2) is 0 Å². The van der Waals surface area contributed by atoms with Gasteiger partial charge in [0.15, 0.2) is 0 Å². The van der Waals surface area contributed by atoms with Gasteiger partial charge in [-0.2, -0.15) is 0 Å². The summed E-state index contributed by atoms with van der Waals surface area (Å²) in [5.41, 5.74) is 11.3. The summed E-state index contributed by atoms with van der Waals surface area (Å²) in [4.78, 5) is 3.18. The number of hydrogen-bond donors (Lipinski definition) is 2. The molecule has 3 rings (SSSR count). The van der Waals surface area contributed by atoms with Crippen LogP contribution in [0.5, 0.6) is 0 Å². The van der Waals surface area contributed by atoms with Gasteiger partial charge in [0, 0.05) is 27.6 Å². The molecule has 0 aliphatic heterocycles.